The molecule has 0 radical (unpaired) electrons. The minimum atomic E-state index is -0.626. The van der Waals surface area contributed by atoms with Gasteiger partial charge in [-0.05, 0) is 50.4 Å². The normalized spacial score (nSPS) is 20.5. The third-order valence-corrected chi connectivity index (χ3v) is 5.23. The average Bonchev–Trinajstić information content (AvgIpc) is 2.65. The third kappa shape index (κ3) is 11.4. The molecule has 3 unspecified atom stereocenters. The molecule has 0 aromatic rings. The van der Waals surface area contributed by atoms with Crippen LogP contribution >= 0.6 is 0 Å². The first kappa shape index (κ1) is 24.6. The topological polar surface area (TPSA) is 71.1 Å². The molecule has 1 aliphatic carbocycles. The van der Waals surface area contributed by atoms with Crippen LogP contribution in [-0.2, 0) is 18.9 Å². The molecule has 0 saturated heterocycles. The Hall–Kier alpha value is -1.46. The fourth-order valence-electron chi connectivity index (χ4n) is 3.39. The lowest BCUT2D eigenvalue weighted by Gasteiger charge is -2.28. The zero-order chi connectivity index (χ0) is 20.8. The molecule has 28 heavy (non-hydrogen) atoms. The second kappa shape index (κ2) is 14.5. The molecule has 1 aliphatic rings. The average molecular weight is 401 g/mol. The summed E-state index contributed by atoms with van der Waals surface area (Å²) in [4.78, 5) is 23.8. The molecule has 3 atom stereocenters. The summed E-state index contributed by atoms with van der Waals surface area (Å²) in [6.45, 7) is 9.33. The number of rotatable bonds is 12. The van der Waals surface area contributed by atoms with Gasteiger partial charge in [0.25, 0.3) is 0 Å². The van der Waals surface area contributed by atoms with Crippen molar-refractivity contribution in [3.63, 3.8) is 0 Å². The SMILES string of the molecule is CCCCC(CC)COC(=O)OC1CCCC(OC(=O)OCCCC(C)C)C1. The molecule has 0 aliphatic heterocycles. The van der Waals surface area contributed by atoms with Gasteiger partial charge in [0.2, 0.25) is 0 Å². The smallest absolute Gasteiger partial charge is 0.434 e. The van der Waals surface area contributed by atoms with E-state index in [4.69, 9.17) is 18.9 Å². The van der Waals surface area contributed by atoms with E-state index in [-0.39, 0.29) is 12.2 Å². The Balaban J connectivity index is 2.24. The molecule has 0 amide bonds. The van der Waals surface area contributed by atoms with Crippen molar-refractivity contribution in [2.75, 3.05) is 13.2 Å². The van der Waals surface area contributed by atoms with E-state index in [1.165, 1.54) is 0 Å². The molecule has 0 bridgehead atoms. The molecule has 0 aromatic heterocycles. The number of unbranched alkanes of at least 4 members (excludes halogenated alkanes) is 1. The van der Waals surface area contributed by atoms with E-state index >= 15 is 0 Å². The van der Waals surface area contributed by atoms with E-state index in [9.17, 15) is 9.59 Å². The van der Waals surface area contributed by atoms with Crippen LogP contribution in [0, 0.1) is 11.8 Å². The van der Waals surface area contributed by atoms with Crippen LogP contribution in [0.5, 0.6) is 0 Å². The monoisotopic (exact) mass is 400 g/mol. The molecule has 1 fully saturated rings. The Morgan fingerprint density at radius 2 is 1.57 bits per heavy atom. The minimum absolute atomic E-state index is 0.267. The summed E-state index contributed by atoms with van der Waals surface area (Å²) in [6, 6.07) is 0. The van der Waals surface area contributed by atoms with Crippen LogP contribution in [0.4, 0.5) is 9.59 Å². The van der Waals surface area contributed by atoms with Gasteiger partial charge in [-0.2, -0.15) is 0 Å². The Morgan fingerprint density at radius 1 is 0.929 bits per heavy atom. The molecule has 6 heteroatoms. The molecule has 0 N–H and O–H groups in total. The summed E-state index contributed by atoms with van der Waals surface area (Å²) < 4.78 is 21.2. The molecule has 0 spiro atoms. The van der Waals surface area contributed by atoms with Crippen molar-refractivity contribution >= 4 is 12.3 Å². The predicted octanol–water partition coefficient (Wildman–Crippen LogP) is 6.26. The molecule has 0 aromatic carbocycles. The van der Waals surface area contributed by atoms with Crippen LogP contribution in [0.15, 0.2) is 0 Å². The van der Waals surface area contributed by atoms with Crippen molar-refractivity contribution < 1.29 is 28.5 Å². The van der Waals surface area contributed by atoms with Gasteiger partial charge >= 0.3 is 12.3 Å². The minimum Gasteiger partial charge on any atom is -0.434 e. The van der Waals surface area contributed by atoms with Crippen molar-refractivity contribution in [1.82, 2.24) is 0 Å². The van der Waals surface area contributed by atoms with Crippen molar-refractivity contribution in [3.05, 3.63) is 0 Å². The number of ether oxygens (including phenoxy) is 4. The van der Waals surface area contributed by atoms with E-state index in [1.807, 2.05) is 0 Å². The van der Waals surface area contributed by atoms with Crippen molar-refractivity contribution in [1.29, 1.82) is 0 Å². The van der Waals surface area contributed by atoms with Crippen LogP contribution in [0.1, 0.15) is 91.9 Å². The van der Waals surface area contributed by atoms with Gasteiger partial charge in [0.05, 0.1) is 13.2 Å². The highest BCUT2D eigenvalue weighted by atomic mass is 16.7. The molecule has 164 valence electrons. The van der Waals surface area contributed by atoms with Gasteiger partial charge in [0, 0.05) is 6.42 Å². The molecule has 0 heterocycles. The highest BCUT2D eigenvalue weighted by molar-refractivity contribution is 5.60. The Morgan fingerprint density at radius 3 is 2.14 bits per heavy atom. The maximum atomic E-state index is 12.0. The zero-order valence-electron chi connectivity index (χ0n) is 18.2. The first-order chi connectivity index (χ1) is 13.4. The van der Waals surface area contributed by atoms with Gasteiger partial charge in [0.15, 0.2) is 0 Å². The number of hydrogen-bond donors (Lipinski definition) is 0. The Labute approximate surface area is 170 Å². The van der Waals surface area contributed by atoms with Crippen LogP contribution < -0.4 is 0 Å². The van der Waals surface area contributed by atoms with Gasteiger partial charge in [-0.3, -0.25) is 0 Å². The molecule has 1 saturated carbocycles. The first-order valence-corrected chi connectivity index (χ1v) is 11.1. The van der Waals surface area contributed by atoms with E-state index in [0.29, 0.717) is 31.5 Å². The van der Waals surface area contributed by atoms with Gasteiger partial charge < -0.3 is 18.9 Å². The number of carbonyl (C=O) groups is 2. The highest BCUT2D eigenvalue weighted by Gasteiger charge is 2.28. The lowest BCUT2D eigenvalue weighted by Crippen LogP contribution is -2.32. The summed E-state index contributed by atoms with van der Waals surface area (Å²) >= 11 is 0. The molecular formula is C22H40O6. The van der Waals surface area contributed by atoms with Crippen LogP contribution in [-0.4, -0.2) is 37.7 Å². The van der Waals surface area contributed by atoms with Crippen LogP contribution in [0.25, 0.3) is 0 Å². The lowest BCUT2D eigenvalue weighted by atomic mass is 9.95. The molecule has 6 nitrogen and oxygen atoms in total. The van der Waals surface area contributed by atoms with Crippen LogP contribution in [0.3, 0.4) is 0 Å². The van der Waals surface area contributed by atoms with Crippen LogP contribution in [0.2, 0.25) is 0 Å². The maximum Gasteiger partial charge on any atom is 0.508 e. The quantitative estimate of drug-likeness (QED) is 0.284. The van der Waals surface area contributed by atoms with E-state index in [0.717, 1.165) is 57.8 Å². The zero-order valence-corrected chi connectivity index (χ0v) is 18.2. The van der Waals surface area contributed by atoms with E-state index < -0.39 is 12.3 Å². The number of carbonyl (C=O) groups excluding carboxylic acids is 2. The Bertz CT molecular complexity index is 437. The van der Waals surface area contributed by atoms with Crippen molar-refractivity contribution in [2.45, 2.75) is 104 Å². The highest BCUT2D eigenvalue weighted by Crippen LogP contribution is 2.24. The van der Waals surface area contributed by atoms with Gasteiger partial charge in [-0.15, -0.1) is 0 Å². The Kier molecular flexibility index (Phi) is 12.8. The maximum absolute atomic E-state index is 12.0. The van der Waals surface area contributed by atoms with Gasteiger partial charge in [-0.25, -0.2) is 9.59 Å². The summed E-state index contributed by atoms with van der Waals surface area (Å²) in [5.41, 5.74) is 0. The van der Waals surface area contributed by atoms with Crippen molar-refractivity contribution in [2.24, 2.45) is 11.8 Å². The van der Waals surface area contributed by atoms with Crippen molar-refractivity contribution in [3.8, 4) is 0 Å². The lowest BCUT2D eigenvalue weighted by molar-refractivity contribution is -0.0375. The third-order valence-electron chi connectivity index (χ3n) is 5.23. The van der Waals surface area contributed by atoms with Gasteiger partial charge in [0.1, 0.15) is 12.2 Å². The summed E-state index contributed by atoms with van der Waals surface area (Å²) in [5, 5.41) is 0. The largest absolute Gasteiger partial charge is 0.508 e. The predicted molar refractivity (Wildman–Crippen MR) is 108 cm³/mol. The first-order valence-electron chi connectivity index (χ1n) is 11.1. The summed E-state index contributed by atoms with van der Waals surface area (Å²) in [7, 11) is 0. The molecular weight excluding hydrogens is 360 g/mol. The number of hydrogen-bond acceptors (Lipinski definition) is 6. The fourth-order valence-corrected chi connectivity index (χ4v) is 3.39. The standard InChI is InChI=1S/C22H40O6/c1-5-7-11-18(6-2)16-26-22(24)28-20-13-8-12-19(15-20)27-21(23)25-14-9-10-17(3)4/h17-20H,5-16H2,1-4H3. The second-order valence-corrected chi connectivity index (χ2v) is 8.26. The van der Waals surface area contributed by atoms with E-state index in [2.05, 4.69) is 27.7 Å². The summed E-state index contributed by atoms with van der Waals surface area (Å²) in [6.07, 6.45) is 7.32. The second-order valence-electron chi connectivity index (χ2n) is 8.26. The summed E-state index contributed by atoms with van der Waals surface area (Å²) in [5.74, 6) is 0.982. The van der Waals surface area contributed by atoms with E-state index in [1.54, 1.807) is 0 Å². The molecule has 1 rings (SSSR count). The fraction of sp³-hybridized carbons (Fsp3) is 0.909. The van der Waals surface area contributed by atoms with Gasteiger partial charge in [-0.1, -0.05) is 47.0 Å².